The van der Waals surface area contributed by atoms with E-state index in [1.165, 1.54) is 11.1 Å². The molecule has 1 saturated heterocycles. The van der Waals surface area contributed by atoms with Gasteiger partial charge in [0.25, 0.3) is 0 Å². The molecule has 6 heteroatoms. The number of nitrogens with zero attached hydrogens (tertiary/aromatic N) is 2. The first-order valence-corrected chi connectivity index (χ1v) is 10.0. The van der Waals surface area contributed by atoms with Crippen molar-refractivity contribution in [2.45, 2.75) is 26.2 Å². The number of carbonyl (C=O) groups is 2. The van der Waals surface area contributed by atoms with Crippen LogP contribution in [-0.2, 0) is 11.2 Å². The van der Waals surface area contributed by atoms with E-state index < -0.39 is 0 Å². The molecule has 0 aromatic heterocycles. The summed E-state index contributed by atoms with van der Waals surface area (Å²) < 4.78 is 0. The van der Waals surface area contributed by atoms with Gasteiger partial charge in [0.15, 0.2) is 0 Å². The predicted octanol–water partition coefficient (Wildman–Crippen LogP) is 4.35. The van der Waals surface area contributed by atoms with Gasteiger partial charge in [-0.25, -0.2) is 4.79 Å². The van der Waals surface area contributed by atoms with Crippen molar-refractivity contribution < 1.29 is 9.59 Å². The second-order valence-corrected chi connectivity index (χ2v) is 7.59. The number of amides is 3. The molecule has 0 unspecified atom stereocenters. The van der Waals surface area contributed by atoms with Crippen LogP contribution in [-0.4, -0.2) is 47.9 Å². The first-order chi connectivity index (χ1) is 13.5. The minimum absolute atomic E-state index is 0.151. The van der Waals surface area contributed by atoms with Gasteiger partial charge in [-0.1, -0.05) is 47.5 Å². The minimum atomic E-state index is -0.156. The summed E-state index contributed by atoms with van der Waals surface area (Å²) in [6.07, 6.45) is 2.02. The lowest BCUT2D eigenvalue weighted by molar-refractivity contribution is -0.131. The molecule has 1 aliphatic rings. The second kappa shape index (κ2) is 9.60. The number of aryl methyl sites for hydroxylation is 2. The standard InChI is InChI=1S/C22H26ClN3O2/c1-17-5-2-6-18(15-17)9-10-21(27)25-11-4-12-26(14-13-25)22(28)24-20-8-3-7-19(23)16-20/h2-3,5-8,15-16H,4,9-14H2,1H3,(H,24,28). The monoisotopic (exact) mass is 399 g/mol. The van der Waals surface area contributed by atoms with Gasteiger partial charge in [-0.2, -0.15) is 0 Å². The smallest absolute Gasteiger partial charge is 0.321 e. The number of nitrogens with one attached hydrogen (secondary N) is 1. The Kier molecular flexibility index (Phi) is 6.93. The van der Waals surface area contributed by atoms with E-state index in [2.05, 4.69) is 30.4 Å². The van der Waals surface area contributed by atoms with Crippen molar-refractivity contribution >= 4 is 29.2 Å². The number of halogens is 1. The summed E-state index contributed by atoms with van der Waals surface area (Å²) in [4.78, 5) is 28.8. The van der Waals surface area contributed by atoms with Gasteiger partial charge in [0.2, 0.25) is 5.91 Å². The highest BCUT2D eigenvalue weighted by molar-refractivity contribution is 6.30. The van der Waals surface area contributed by atoms with Gasteiger partial charge in [0.1, 0.15) is 0 Å². The fourth-order valence-corrected chi connectivity index (χ4v) is 3.61. The quantitative estimate of drug-likeness (QED) is 0.831. The maximum absolute atomic E-state index is 12.6. The lowest BCUT2D eigenvalue weighted by Crippen LogP contribution is -2.39. The highest BCUT2D eigenvalue weighted by Gasteiger charge is 2.22. The number of benzene rings is 2. The number of hydrogen-bond donors (Lipinski definition) is 1. The Bertz CT molecular complexity index is 840. The van der Waals surface area contributed by atoms with Gasteiger partial charge in [0, 0.05) is 43.3 Å². The zero-order chi connectivity index (χ0) is 19.9. The van der Waals surface area contributed by atoms with Crippen LogP contribution in [0.2, 0.25) is 5.02 Å². The van der Waals surface area contributed by atoms with Crippen molar-refractivity contribution in [3.05, 3.63) is 64.7 Å². The van der Waals surface area contributed by atoms with E-state index in [4.69, 9.17) is 11.6 Å². The molecule has 2 aromatic rings. The molecular weight excluding hydrogens is 374 g/mol. The maximum atomic E-state index is 12.6. The lowest BCUT2D eigenvalue weighted by Gasteiger charge is -2.22. The summed E-state index contributed by atoms with van der Waals surface area (Å²) in [5.41, 5.74) is 3.07. The van der Waals surface area contributed by atoms with Gasteiger partial charge < -0.3 is 15.1 Å². The average molecular weight is 400 g/mol. The van der Waals surface area contributed by atoms with Crippen LogP contribution in [0.25, 0.3) is 0 Å². The molecule has 0 radical (unpaired) electrons. The second-order valence-electron chi connectivity index (χ2n) is 7.15. The van der Waals surface area contributed by atoms with Crippen LogP contribution in [0, 0.1) is 6.92 Å². The van der Waals surface area contributed by atoms with Gasteiger partial charge in [-0.3, -0.25) is 4.79 Å². The third-order valence-electron chi connectivity index (χ3n) is 4.92. The summed E-state index contributed by atoms with van der Waals surface area (Å²) in [6.45, 7) is 4.48. The summed E-state index contributed by atoms with van der Waals surface area (Å²) in [5, 5.41) is 3.46. The van der Waals surface area contributed by atoms with Crippen molar-refractivity contribution in [2.75, 3.05) is 31.5 Å². The summed E-state index contributed by atoms with van der Waals surface area (Å²) >= 11 is 5.97. The van der Waals surface area contributed by atoms with Crippen LogP contribution in [0.1, 0.15) is 24.0 Å². The van der Waals surface area contributed by atoms with Crippen LogP contribution in [0.3, 0.4) is 0 Å². The van der Waals surface area contributed by atoms with E-state index >= 15 is 0 Å². The molecule has 5 nitrogen and oxygen atoms in total. The normalized spacial score (nSPS) is 14.5. The Morgan fingerprint density at radius 3 is 2.54 bits per heavy atom. The van der Waals surface area contributed by atoms with Gasteiger partial charge in [-0.05, 0) is 43.5 Å². The third kappa shape index (κ3) is 5.73. The van der Waals surface area contributed by atoms with E-state index in [0.29, 0.717) is 43.3 Å². The molecule has 2 aromatic carbocycles. The molecule has 28 heavy (non-hydrogen) atoms. The molecular formula is C22H26ClN3O2. The Morgan fingerprint density at radius 1 is 1.00 bits per heavy atom. The first-order valence-electron chi connectivity index (χ1n) is 9.66. The van der Waals surface area contributed by atoms with Crippen LogP contribution in [0.4, 0.5) is 10.5 Å². The van der Waals surface area contributed by atoms with Crippen molar-refractivity contribution in [3.63, 3.8) is 0 Å². The summed E-state index contributed by atoms with van der Waals surface area (Å²) in [7, 11) is 0. The fourth-order valence-electron chi connectivity index (χ4n) is 3.42. The summed E-state index contributed by atoms with van der Waals surface area (Å²) in [5.74, 6) is 0.151. The fraction of sp³-hybridized carbons (Fsp3) is 0.364. The number of rotatable bonds is 4. The van der Waals surface area contributed by atoms with Gasteiger partial charge in [0.05, 0.1) is 0 Å². The molecule has 0 atom stereocenters. The SMILES string of the molecule is Cc1cccc(CCC(=O)N2CCCN(C(=O)Nc3cccc(Cl)c3)CC2)c1. The Morgan fingerprint density at radius 2 is 1.75 bits per heavy atom. The van der Waals surface area contributed by atoms with Gasteiger partial charge in [-0.15, -0.1) is 0 Å². The number of hydrogen-bond acceptors (Lipinski definition) is 2. The molecule has 1 aliphatic heterocycles. The highest BCUT2D eigenvalue weighted by Crippen LogP contribution is 2.16. The van der Waals surface area contributed by atoms with E-state index in [9.17, 15) is 9.59 Å². The minimum Gasteiger partial charge on any atom is -0.341 e. The van der Waals surface area contributed by atoms with E-state index in [0.717, 1.165) is 12.8 Å². The number of anilines is 1. The van der Waals surface area contributed by atoms with Crippen molar-refractivity contribution in [1.29, 1.82) is 0 Å². The topological polar surface area (TPSA) is 52.7 Å². The molecule has 0 spiro atoms. The largest absolute Gasteiger partial charge is 0.341 e. The zero-order valence-electron chi connectivity index (χ0n) is 16.2. The van der Waals surface area contributed by atoms with Crippen LogP contribution in [0.5, 0.6) is 0 Å². The molecule has 0 aliphatic carbocycles. The van der Waals surface area contributed by atoms with Crippen LogP contribution in [0.15, 0.2) is 48.5 Å². The van der Waals surface area contributed by atoms with Crippen LogP contribution >= 0.6 is 11.6 Å². The van der Waals surface area contributed by atoms with E-state index in [-0.39, 0.29) is 11.9 Å². The first kappa shape index (κ1) is 20.2. The third-order valence-corrected chi connectivity index (χ3v) is 5.16. The molecule has 3 rings (SSSR count). The maximum Gasteiger partial charge on any atom is 0.321 e. The van der Waals surface area contributed by atoms with E-state index in [1.54, 1.807) is 23.1 Å². The van der Waals surface area contributed by atoms with Crippen LogP contribution < -0.4 is 5.32 Å². The molecule has 148 valence electrons. The van der Waals surface area contributed by atoms with Gasteiger partial charge >= 0.3 is 6.03 Å². The molecule has 0 saturated carbocycles. The Labute approximate surface area is 171 Å². The Hall–Kier alpha value is -2.53. The zero-order valence-corrected chi connectivity index (χ0v) is 16.9. The molecule has 1 fully saturated rings. The predicted molar refractivity (Wildman–Crippen MR) is 113 cm³/mol. The molecule has 3 amide bonds. The van der Waals surface area contributed by atoms with E-state index in [1.807, 2.05) is 17.0 Å². The average Bonchev–Trinajstić information content (AvgIpc) is 2.92. The molecule has 0 bridgehead atoms. The highest BCUT2D eigenvalue weighted by atomic mass is 35.5. The summed E-state index contributed by atoms with van der Waals surface area (Å²) in [6, 6.07) is 15.2. The lowest BCUT2D eigenvalue weighted by atomic mass is 10.1. The van der Waals surface area contributed by atoms with Crippen molar-refractivity contribution in [2.24, 2.45) is 0 Å². The number of urea groups is 1. The van der Waals surface area contributed by atoms with Crippen molar-refractivity contribution in [3.8, 4) is 0 Å². The Balaban J connectivity index is 1.49. The molecule has 1 heterocycles. The van der Waals surface area contributed by atoms with Crippen molar-refractivity contribution in [1.82, 2.24) is 9.80 Å². The molecule has 1 N–H and O–H groups in total. The number of carbonyl (C=O) groups excluding carboxylic acids is 2.